The van der Waals surface area contributed by atoms with Crippen molar-refractivity contribution in [2.75, 3.05) is 11.4 Å². The Bertz CT molecular complexity index is 600. The summed E-state index contributed by atoms with van der Waals surface area (Å²) in [6.45, 7) is 5.30. The smallest absolute Gasteiger partial charge is 0.225 e. The largest absolute Gasteiger partial charge is 0.376 e. The first-order chi connectivity index (χ1) is 10.6. The lowest BCUT2D eigenvalue weighted by Crippen LogP contribution is -2.48. The average Bonchev–Trinajstić information content (AvgIpc) is 3.18. The van der Waals surface area contributed by atoms with E-state index >= 15 is 0 Å². The zero-order valence-electron chi connectivity index (χ0n) is 13.0. The molecule has 1 saturated heterocycles. The van der Waals surface area contributed by atoms with E-state index in [0.717, 1.165) is 17.5 Å². The summed E-state index contributed by atoms with van der Waals surface area (Å²) in [6.07, 6.45) is 9.77. The molecule has 5 heteroatoms. The van der Waals surface area contributed by atoms with E-state index < -0.39 is 0 Å². The monoisotopic (exact) mass is 314 g/mol. The highest BCUT2D eigenvalue weighted by molar-refractivity contribution is 7.80. The quantitative estimate of drug-likeness (QED) is 0.685. The fraction of sp³-hybridized carbons (Fsp3) is 0.588. The van der Waals surface area contributed by atoms with E-state index in [9.17, 15) is 0 Å². The number of nitrogens with zero attached hydrogens (tertiary/aromatic N) is 3. The molecule has 0 aromatic carbocycles. The third kappa shape index (κ3) is 2.14. The van der Waals surface area contributed by atoms with Crippen molar-refractivity contribution in [2.24, 2.45) is 23.7 Å². The first-order valence-electron chi connectivity index (χ1n) is 8.17. The molecular weight excluding hydrogens is 292 g/mol. The van der Waals surface area contributed by atoms with Gasteiger partial charge in [0.2, 0.25) is 5.95 Å². The Labute approximate surface area is 137 Å². The Balaban J connectivity index is 1.68. The van der Waals surface area contributed by atoms with Crippen molar-refractivity contribution < 1.29 is 0 Å². The van der Waals surface area contributed by atoms with Crippen LogP contribution < -0.4 is 10.2 Å². The van der Waals surface area contributed by atoms with Gasteiger partial charge in [0.15, 0.2) is 0 Å². The third-order valence-corrected chi connectivity index (χ3v) is 5.66. The molecule has 0 spiro atoms. The Morgan fingerprint density at radius 1 is 1.27 bits per heavy atom. The van der Waals surface area contributed by atoms with E-state index in [1.807, 2.05) is 18.5 Å². The van der Waals surface area contributed by atoms with Gasteiger partial charge in [0.1, 0.15) is 0 Å². The van der Waals surface area contributed by atoms with Crippen molar-refractivity contribution in [1.29, 1.82) is 0 Å². The molecule has 2 fully saturated rings. The fourth-order valence-electron chi connectivity index (χ4n) is 4.57. The lowest BCUT2D eigenvalue weighted by molar-refractivity contribution is 0.374. The van der Waals surface area contributed by atoms with Crippen LogP contribution in [0.4, 0.5) is 5.95 Å². The van der Waals surface area contributed by atoms with Crippen molar-refractivity contribution in [3.8, 4) is 0 Å². The van der Waals surface area contributed by atoms with E-state index in [0.29, 0.717) is 29.7 Å². The van der Waals surface area contributed by atoms with Crippen LogP contribution >= 0.6 is 12.2 Å². The Kier molecular flexibility index (Phi) is 3.40. The summed E-state index contributed by atoms with van der Waals surface area (Å²) in [5.74, 6) is 3.50. The van der Waals surface area contributed by atoms with Crippen molar-refractivity contribution in [3.05, 3.63) is 30.6 Å². The van der Waals surface area contributed by atoms with Crippen molar-refractivity contribution >= 4 is 23.2 Å². The van der Waals surface area contributed by atoms with Gasteiger partial charge in [0.05, 0.1) is 11.0 Å². The van der Waals surface area contributed by atoms with Gasteiger partial charge < -0.3 is 10.2 Å². The molecule has 2 bridgehead atoms. The summed E-state index contributed by atoms with van der Waals surface area (Å²) in [5, 5.41) is 3.47. The predicted molar refractivity (Wildman–Crippen MR) is 91.8 cm³/mol. The minimum Gasteiger partial charge on any atom is -0.376 e. The predicted octanol–water partition coefficient (Wildman–Crippen LogP) is 2.43. The molecule has 1 aliphatic heterocycles. The van der Waals surface area contributed by atoms with Crippen LogP contribution in [0.2, 0.25) is 0 Å². The summed E-state index contributed by atoms with van der Waals surface area (Å²) >= 11 is 5.77. The molecule has 22 heavy (non-hydrogen) atoms. The van der Waals surface area contributed by atoms with E-state index in [2.05, 4.69) is 46.2 Å². The fourth-order valence-corrected chi connectivity index (χ4v) is 5.09. The summed E-state index contributed by atoms with van der Waals surface area (Å²) < 4.78 is 0. The highest BCUT2D eigenvalue weighted by atomic mass is 32.1. The Morgan fingerprint density at radius 3 is 2.73 bits per heavy atom. The maximum absolute atomic E-state index is 5.77. The van der Waals surface area contributed by atoms with Crippen LogP contribution in [0.3, 0.4) is 0 Å². The second kappa shape index (κ2) is 5.30. The highest BCUT2D eigenvalue weighted by Gasteiger charge is 2.56. The van der Waals surface area contributed by atoms with E-state index in [1.165, 1.54) is 6.42 Å². The van der Waals surface area contributed by atoms with E-state index in [1.54, 1.807) is 0 Å². The maximum Gasteiger partial charge on any atom is 0.225 e. The number of allylic oxidation sites excluding steroid dienone is 2. The molecule has 1 N–H and O–H groups in total. The second-order valence-electron chi connectivity index (χ2n) is 7.00. The third-order valence-electron chi connectivity index (χ3n) is 5.31. The molecule has 1 aromatic heterocycles. The van der Waals surface area contributed by atoms with Gasteiger partial charge >= 0.3 is 0 Å². The number of hydrogen-bond acceptors (Lipinski definition) is 4. The second-order valence-corrected chi connectivity index (χ2v) is 7.44. The minimum absolute atomic E-state index is 0.227. The number of rotatable bonds is 3. The summed E-state index contributed by atoms with van der Waals surface area (Å²) in [7, 11) is 0. The number of thiocarbonyl (C=S) groups is 1. The van der Waals surface area contributed by atoms with Gasteiger partial charge in [0, 0.05) is 25.0 Å². The van der Waals surface area contributed by atoms with Crippen LogP contribution in [0.15, 0.2) is 30.6 Å². The molecule has 5 atom stereocenters. The summed E-state index contributed by atoms with van der Waals surface area (Å²) in [4.78, 5) is 12.2. The highest BCUT2D eigenvalue weighted by Crippen LogP contribution is 2.54. The van der Waals surface area contributed by atoms with Gasteiger partial charge in [-0.05, 0) is 50.0 Å². The van der Waals surface area contributed by atoms with Crippen LogP contribution in [-0.4, -0.2) is 33.6 Å². The number of hydrogen-bond donors (Lipinski definition) is 1. The number of aromatic nitrogens is 2. The lowest BCUT2D eigenvalue weighted by Gasteiger charge is -2.31. The van der Waals surface area contributed by atoms with Crippen molar-refractivity contribution in [3.63, 3.8) is 0 Å². The van der Waals surface area contributed by atoms with Gasteiger partial charge in [-0.1, -0.05) is 24.4 Å². The van der Waals surface area contributed by atoms with Gasteiger partial charge in [-0.2, -0.15) is 0 Å². The average molecular weight is 314 g/mol. The molecule has 1 aromatic rings. The zero-order valence-corrected chi connectivity index (χ0v) is 13.8. The zero-order chi connectivity index (χ0) is 15.3. The van der Waals surface area contributed by atoms with E-state index in [4.69, 9.17) is 12.2 Å². The molecule has 2 heterocycles. The Morgan fingerprint density at radius 2 is 2.00 bits per heavy atom. The standard InChI is InChI=1S/C17H22N4S/c1-10(2)20-16(22)15-14-12-5-4-11(8-12)13(14)9-21(15)17-18-6-3-7-19-17/h3-7,10-15H,8-9H2,1-2H3,(H,20,22)/t11-,12+,13-,14+,15+/m1/s1. The van der Waals surface area contributed by atoms with Crippen LogP contribution in [0.5, 0.6) is 0 Å². The summed E-state index contributed by atoms with van der Waals surface area (Å²) in [5.41, 5.74) is 0. The molecule has 116 valence electrons. The number of nitrogens with one attached hydrogen (secondary N) is 1. The molecule has 0 unspecified atom stereocenters. The lowest BCUT2D eigenvalue weighted by atomic mass is 9.82. The molecule has 3 aliphatic rings. The van der Waals surface area contributed by atoms with Gasteiger partial charge in [-0.15, -0.1) is 0 Å². The molecule has 4 nitrogen and oxygen atoms in total. The SMILES string of the molecule is CC(C)NC(=S)[C@@H]1[C@@H]2[C@H](CN1c1ncccn1)[C@@H]1C=C[C@H]2C1. The van der Waals surface area contributed by atoms with Crippen LogP contribution in [0.25, 0.3) is 0 Å². The molecule has 1 saturated carbocycles. The van der Waals surface area contributed by atoms with Gasteiger partial charge in [-0.25, -0.2) is 9.97 Å². The first-order valence-corrected chi connectivity index (χ1v) is 8.58. The van der Waals surface area contributed by atoms with Crippen LogP contribution in [0, 0.1) is 23.7 Å². The molecule has 0 amide bonds. The normalized spacial score (nSPS) is 35.2. The molecule has 2 aliphatic carbocycles. The number of anilines is 1. The maximum atomic E-state index is 5.77. The van der Waals surface area contributed by atoms with Gasteiger partial charge in [-0.3, -0.25) is 0 Å². The molecule has 4 rings (SSSR count). The van der Waals surface area contributed by atoms with Crippen LogP contribution in [-0.2, 0) is 0 Å². The topological polar surface area (TPSA) is 41.0 Å². The number of fused-ring (bicyclic) bond motifs is 5. The Hall–Kier alpha value is -1.49. The summed E-state index contributed by atoms with van der Waals surface area (Å²) in [6, 6.07) is 2.45. The van der Waals surface area contributed by atoms with Crippen LogP contribution in [0.1, 0.15) is 20.3 Å². The van der Waals surface area contributed by atoms with Crippen molar-refractivity contribution in [1.82, 2.24) is 15.3 Å². The van der Waals surface area contributed by atoms with Crippen molar-refractivity contribution in [2.45, 2.75) is 32.4 Å². The molecule has 0 radical (unpaired) electrons. The van der Waals surface area contributed by atoms with E-state index in [-0.39, 0.29) is 6.04 Å². The minimum atomic E-state index is 0.227. The first kappa shape index (κ1) is 14.1. The molecular formula is C17H22N4S. The van der Waals surface area contributed by atoms with Gasteiger partial charge in [0.25, 0.3) is 0 Å².